The minimum atomic E-state index is -0.123. The maximum absolute atomic E-state index is 11.8. The fourth-order valence-electron chi connectivity index (χ4n) is 1.56. The van der Waals surface area contributed by atoms with Crippen molar-refractivity contribution >= 4 is 17.2 Å². The summed E-state index contributed by atoms with van der Waals surface area (Å²) < 4.78 is 1.51. The first-order chi connectivity index (χ1) is 8.07. The van der Waals surface area contributed by atoms with Crippen molar-refractivity contribution in [3.05, 3.63) is 20.2 Å². The molecule has 0 aliphatic rings. The Bertz CT molecular complexity index is 434. The van der Waals surface area contributed by atoms with Gasteiger partial charge in [-0.05, 0) is 13.3 Å². The SMILES string of the molecule is CCCCCCNC(=O)c1sc(=O)n(C)c1C. The van der Waals surface area contributed by atoms with Gasteiger partial charge in [-0.25, -0.2) is 0 Å². The summed E-state index contributed by atoms with van der Waals surface area (Å²) in [5.41, 5.74) is 0.742. The molecule has 1 aromatic heterocycles. The third-order valence-electron chi connectivity index (χ3n) is 2.82. The summed E-state index contributed by atoms with van der Waals surface area (Å²) in [6.07, 6.45) is 4.53. The summed E-state index contributed by atoms with van der Waals surface area (Å²) in [4.78, 5) is 23.6. The molecule has 0 aliphatic carbocycles. The zero-order chi connectivity index (χ0) is 12.8. The molecule has 0 spiro atoms. The molecule has 0 aromatic carbocycles. The molecule has 4 nitrogen and oxygen atoms in total. The number of hydrogen-bond acceptors (Lipinski definition) is 3. The maximum atomic E-state index is 11.8. The predicted octanol–water partition coefficient (Wildman–Crippen LogP) is 2.07. The van der Waals surface area contributed by atoms with Gasteiger partial charge in [0.15, 0.2) is 0 Å². The van der Waals surface area contributed by atoms with Gasteiger partial charge in [-0.2, -0.15) is 0 Å². The molecule has 0 saturated heterocycles. The summed E-state index contributed by atoms with van der Waals surface area (Å²) in [6.45, 7) is 4.64. The van der Waals surface area contributed by atoms with E-state index in [1.807, 2.05) is 0 Å². The molecule has 0 unspecified atom stereocenters. The number of hydrogen-bond donors (Lipinski definition) is 1. The van der Waals surface area contributed by atoms with E-state index in [0.717, 1.165) is 29.9 Å². The summed E-state index contributed by atoms with van der Waals surface area (Å²) in [6, 6.07) is 0. The van der Waals surface area contributed by atoms with Gasteiger partial charge in [-0.15, -0.1) is 0 Å². The second kappa shape index (κ2) is 6.59. The minimum absolute atomic E-state index is 0.0846. The zero-order valence-corrected chi connectivity index (χ0v) is 11.5. The first-order valence-corrected chi connectivity index (χ1v) is 6.84. The fraction of sp³-hybridized carbons (Fsp3) is 0.667. The van der Waals surface area contributed by atoms with E-state index in [1.165, 1.54) is 17.4 Å². The van der Waals surface area contributed by atoms with E-state index in [4.69, 9.17) is 0 Å². The van der Waals surface area contributed by atoms with Gasteiger partial charge in [0.1, 0.15) is 4.88 Å². The van der Waals surface area contributed by atoms with Crippen molar-refractivity contribution in [3.63, 3.8) is 0 Å². The monoisotopic (exact) mass is 256 g/mol. The Balaban J connectivity index is 2.47. The van der Waals surface area contributed by atoms with Crippen LogP contribution in [0, 0.1) is 6.92 Å². The van der Waals surface area contributed by atoms with Crippen LogP contribution in [0.3, 0.4) is 0 Å². The molecule has 1 rings (SSSR count). The van der Waals surface area contributed by atoms with Crippen LogP contribution in [-0.2, 0) is 7.05 Å². The maximum Gasteiger partial charge on any atom is 0.307 e. The molecule has 1 N–H and O–H groups in total. The fourth-order valence-corrected chi connectivity index (χ4v) is 2.46. The quantitative estimate of drug-likeness (QED) is 0.792. The van der Waals surface area contributed by atoms with Crippen molar-refractivity contribution < 1.29 is 4.79 Å². The van der Waals surface area contributed by atoms with E-state index < -0.39 is 0 Å². The molecule has 1 amide bonds. The molecule has 5 heteroatoms. The Morgan fingerprint density at radius 2 is 2.06 bits per heavy atom. The number of aromatic nitrogens is 1. The van der Waals surface area contributed by atoms with Crippen LogP contribution in [0.4, 0.5) is 0 Å². The lowest BCUT2D eigenvalue weighted by Crippen LogP contribution is -2.24. The minimum Gasteiger partial charge on any atom is -0.351 e. The standard InChI is InChI=1S/C12H20N2O2S/c1-4-5-6-7-8-13-11(15)10-9(2)14(3)12(16)17-10/h4-8H2,1-3H3,(H,13,15). The van der Waals surface area contributed by atoms with Crippen LogP contribution >= 0.6 is 11.3 Å². The molecule has 0 fully saturated rings. The second-order valence-corrected chi connectivity index (χ2v) is 5.12. The smallest absolute Gasteiger partial charge is 0.307 e. The van der Waals surface area contributed by atoms with Gasteiger partial charge >= 0.3 is 4.87 Å². The van der Waals surface area contributed by atoms with Gasteiger partial charge in [0.05, 0.1) is 0 Å². The molecule has 17 heavy (non-hydrogen) atoms. The lowest BCUT2D eigenvalue weighted by molar-refractivity contribution is 0.0956. The number of amides is 1. The number of unbranched alkanes of at least 4 members (excludes halogenated alkanes) is 3. The van der Waals surface area contributed by atoms with Gasteiger partial charge < -0.3 is 9.88 Å². The molecular weight excluding hydrogens is 236 g/mol. The highest BCUT2D eigenvalue weighted by Crippen LogP contribution is 2.10. The van der Waals surface area contributed by atoms with Gasteiger partial charge in [-0.1, -0.05) is 37.5 Å². The molecule has 0 radical (unpaired) electrons. The summed E-state index contributed by atoms with van der Waals surface area (Å²) in [5, 5.41) is 2.86. The highest BCUT2D eigenvalue weighted by Gasteiger charge is 2.14. The Hall–Kier alpha value is -1.10. The number of carbonyl (C=O) groups is 1. The molecular formula is C12H20N2O2S. The van der Waals surface area contributed by atoms with Gasteiger partial charge in [-0.3, -0.25) is 9.59 Å². The Morgan fingerprint density at radius 3 is 2.59 bits per heavy atom. The lowest BCUT2D eigenvalue weighted by atomic mass is 10.2. The van der Waals surface area contributed by atoms with E-state index in [-0.39, 0.29) is 10.8 Å². The third-order valence-corrected chi connectivity index (χ3v) is 3.95. The van der Waals surface area contributed by atoms with Crippen LogP contribution in [0.25, 0.3) is 0 Å². The van der Waals surface area contributed by atoms with E-state index in [2.05, 4.69) is 12.2 Å². The molecule has 1 heterocycles. The largest absolute Gasteiger partial charge is 0.351 e. The Kier molecular flexibility index (Phi) is 5.41. The van der Waals surface area contributed by atoms with Crippen LogP contribution in [0.2, 0.25) is 0 Å². The average Bonchev–Trinajstić information content (AvgIpc) is 2.56. The van der Waals surface area contributed by atoms with Crippen molar-refractivity contribution in [2.75, 3.05) is 6.54 Å². The van der Waals surface area contributed by atoms with Gasteiger partial charge in [0, 0.05) is 19.3 Å². The van der Waals surface area contributed by atoms with Crippen molar-refractivity contribution in [3.8, 4) is 0 Å². The number of carbonyl (C=O) groups excluding carboxylic acids is 1. The Morgan fingerprint density at radius 1 is 1.35 bits per heavy atom. The summed E-state index contributed by atoms with van der Waals surface area (Å²) in [5.74, 6) is -0.123. The van der Waals surface area contributed by atoms with Crippen LogP contribution in [0.5, 0.6) is 0 Å². The van der Waals surface area contributed by atoms with Crippen molar-refractivity contribution in [2.24, 2.45) is 7.05 Å². The van der Waals surface area contributed by atoms with Crippen LogP contribution in [-0.4, -0.2) is 17.0 Å². The normalized spacial score (nSPS) is 10.5. The lowest BCUT2D eigenvalue weighted by Gasteiger charge is -2.04. The highest BCUT2D eigenvalue weighted by atomic mass is 32.1. The first-order valence-electron chi connectivity index (χ1n) is 6.02. The van der Waals surface area contributed by atoms with Crippen molar-refractivity contribution in [1.82, 2.24) is 9.88 Å². The zero-order valence-electron chi connectivity index (χ0n) is 10.7. The third kappa shape index (κ3) is 3.70. The topological polar surface area (TPSA) is 51.1 Å². The summed E-state index contributed by atoms with van der Waals surface area (Å²) in [7, 11) is 1.69. The number of thiazole rings is 1. The molecule has 0 saturated carbocycles. The van der Waals surface area contributed by atoms with Crippen LogP contribution in [0.1, 0.15) is 48.0 Å². The highest BCUT2D eigenvalue weighted by molar-refractivity contribution is 7.11. The second-order valence-electron chi connectivity index (χ2n) is 4.16. The van der Waals surface area contributed by atoms with Crippen molar-refractivity contribution in [2.45, 2.75) is 39.5 Å². The van der Waals surface area contributed by atoms with Gasteiger partial charge in [0.2, 0.25) is 0 Å². The first kappa shape index (κ1) is 14.0. The van der Waals surface area contributed by atoms with Crippen LogP contribution < -0.4 is 10.2 Å². The number of nitrogens with one attached hydrogen (secondary N) is 1. The number of rotatable bonds is 6. The molecule has 0 atom stereocenters. The van der Waals surface area contributed by atoms with Crippen LogP contribution in [0.15, 0.2) is 4.79 Å². The number of nitrogens with zero attached hydrogens (tertiary/aromatic N) is 1. The molecule has 0 bridgehead atoms. The summed E-state index contributed by atoms with van der Waals surface area (Å²) >= 11 is 1.01. The molecule has 0 aliphatic heterocycles. The van der Waals surface area contributed by atoms with Gasteiger partial charge in [0.25, 0.3) is 5.91 Å². The molecule has 96 valence electrons. The van der Waals surface area contributed by atoms with Crippen molar-refractivity contribution in [1.29, 1.82) is 0 Å². The van der Waals surface area contributed by atoms with E-state index in [0.29, 0.717) is 11.4 Å². The van der Waals surface area contributed by atoms with E-state index in [9.17, 15) is 9.59 Å². The Labute approximate surface area is 106 Å². The average molecular weight is 256 g/mol. The van der Waals surface area contributed by atoms with E-state index >= 15 is 0 Å². The van der Waals surface area contributed by atoms with E-state index in [1.54, 1.807) is 14.0 Å². The predicted molar refractivity (Wildman–Crippen MR) is 70.8 cm³/mol. The molecule has 1 aromatic rings.